The number of anilines is 1. The molecule has 9 nitrogen and oxygen atoms in total. The van der Waals surface area contributed by atoms with Crippen molar-refractivity contribution in [3.63, 3.8) is 0 Å². The van der Waals surface area contributed by atoms with E-state index in [-0.39, 0.29) is 22.8 Å². The van der Waals surface area contributed by atoms with E-state index in [1.54, 1.807) is 0 Å². The molecule has 3 rings (SSSR count). The van der Waals surface area contributed by atoms with Crippen LogP contribution in [0.25, 0.3) is 0 Å². The predicted octanol–water partition coefficient (Wildman–Crippen LogP) is -2.23. The molecule has 0 aliphatic carbocycles. The Balaban J connectivity index is 0.000000199. The summed E-state index contributed by atoms with van der Waals surface area (Å²) in [5.41, 5.74) is 5.63. The van der Waals surface area contributed by atoms with Crippen LogP contribution in [0.5, 0.6) is 0 Å². The summed E-state index contributed by atoms with van der Waals surface area (Å²) in [6.45, 7) is 4.56. The van der Waals surface area contributed by atoms with Crippen LogP contribution in [0.2, 0.25) is 0 Å². The van der Waals surface area contributed by atoms with Gasteiger partial charge in [-0.05, 0) is 0 Å². The lowest BCUT2D eigenvalue weighted by atomic mass is 10.4. The third-order valence-corrected chi connectivity index (χ3v) is 2.20. The van der Waals surface area contributed by atoms with Gasteiger partial charge in [0.2, 0.25) is 0 Å². The van der Waals surface area contributed by atoms with Crippen LogP contribution in [0, 0.1) is 0 Å². The molecule has 0 unspecified atom stereocenters. The standard InChI is InChI=1S/C5H3N5O.C4H10N2.H3N/c6-3-2-4(8-1-7-3)10-5(11)9-2;1-2-6-4-3-5-1;/h1H,(H2,6,7,8,10,11);5-6H,1-4H2;1H3. The minimum atomic E-state index is -0.577. The van der Waals surface area contributed by atoms with Crippen molar-refractivity contribution >= 4 is 11.8 Å². The number of nitrogens with one attached hydrogen (secondary N) is 2. The molecule has 18 heavy (non-hydrogen) atoms. The average Bonchev–Trinajstić information content (AvgIpc) is 2.74. The fraction of sp³-hybridized carbons (Fsp3) is 0.444. The summed E-state index contributed by atoms with van der Waals surface area (Å²) in [5.74, 6) is 0.185. The molecular weight excluding hydrogens is 236 g/mol. The van der Waals surface area contributed by atoms with Crippen molar-refractivity contribution in [2.24, 2.45) is 9.98 Å². The third kappa shape index (κ3) is 3.52. The SMILES string of the molecule is C1CNCCN1.N.Nc1ncnc2c1=NC(=O)N=2. The number of hydrogen-bond donors (Lipinski definition) is 4. The summed E-state index contributed by atoms with van der Waals surface area (Å²) in [6.07, 6.45) is 1.24. The molecular formula is C9H16N8O. The van der Waals surface area contributed by atoms with E-state index in [1.165, 1.54) is 6.33 Å². The number of nitrogen functional groups attached to an aromatic ring is 1. The Labute approximate surface area is 103 Å². The Morgan fingerprint density at radius 1 is 1.06 bits per heavy atom. The van der Waals surface area contributed by atoms with E-state index in [4.69, 9.17) is 5.73 Å². The summed E-state index contributed by atoms with van der Waals surface area (Å²) >= 11 is 0. The van der Waals surface area contributed by atoms with Gasteiger partial charge in [-0.15, -0.1) is 0 Å². The first kappa shape index (κ1) is 14.1. The van der Waals surface area contributed by atoms with Gasteiger partial charge in [-0.1, -0.05) is 0 Å². The van der Waals surface area contributed by atoms with Crippen molar-refractivity contribution in [3.05, 3.63) is 17.2 Å². The summed E-state index contributed by atoms with van der Waals surface area (Å²) in [7, 11) is 0. The Morgan fingerprint density at radius 3 is 2.17 bits per heavy atom. The highest BCUT2D eigenvalue weighted by molar-refractivity contribution is 5.77. The van der Waals surface area contributed by atoms with Gasteiger partial charge in [0, 0.05) is 26.2 Å². The first-order valence-corrected chi connectivity index (χ1v) is 5.27. The molecule has 1 aromatic heterocycles. The lowest BCUT2D eigenvalue weighted by Gasteiger charge is -2.11. The average molecular weight is 252 g/mol. The third-order valence-electron chi connectivity index (χ3n) is 2.20. The van der Waals surface area contributed by atoms with Crippen LogP contribution >= 0.6 is 0 Å². The summed E-state index contributed by atoms with van der Waals surface area (Å²) < 4.78 is 0. The van der Waals surface area contributed by atoms with Gasteiger partial charge in [-0.25, -0.2) is 14.8 Å². The van der Waals surface area contributed by atoms with E-state index in [0.29, 0.717) is 0 Å². The Hall–Kier alpha value is -1.97. The first-order valence-electron chi connectivity index (χ1n) is 5.27. The van der Waals surface area contributed by atoms with Gasteiger partial charge in [-0.3, -0.25) is 0 Å². The van der Waals surface area contributed by atoms with Crippen LogP contribution in [-0.2, 0) is 0 Å². The summed E-state index contributed by atoms with van der Waals surface area (Å²) in [4.78, 5) is 24.9. The minimum absolute atomic E-state index is 0. The second-order valence-corrected chi connectivity index (χ2v) is 3.44. The molecule has 1 fully saturated rings. The Kier molecular flexibility index (Phi) is 5.24. The number of aromatic nitrogens is 2. The van der Waals surface area contributed by atoms with Crippen LogP contribution in [0.4, 0.5) is 10.6 Å². The van der Waals surface area contributed by atoms with E-state index in [0.717, 1.165) is 26.2 Å². The van der Waals surface area contributed by atoms with Crippen molar-refractivity contribution in [3.8, 4) is 0 Å². The molecule has 2 amide bonds. The van der Waals surface area contributed by atoms with E-state index in [1.807, 2.05) is 0 Å². The minimum Gasteiger partial charge on any atom is -0.382 e. The molecule has 0 spiro atoms. The predicted molar refractivity (Wildman–Crippen MR) is 64.9 cm³/mol. The van der Waals surface area contributed by atoms with Crippen LogP contribution in [-0.4, -0.2) is 42.2 Å². The fourth-order valence-electron chi connectivity index (χ4n) is 1.39. The number of fused-ring (bicyclic) bond motifs is 1. The highest BCUT2D eigenvalue weighted by atomic mass is 16.2. The molecule has 0 radical (unpaired) electrons. The maximum Gasteiger partial charge on any atom is 0.369 e. The molecule has 2 aliphatic heterocycles. The maximum atomic E-state index is 10.6. The molecule has 0 bridgehead atoms. The normalized spacial score (nSPS) is 16.3. The van der Waals surface area contributed by atoms with Gasteiger partial charge < -0.3 is 22.5 Å². The van der Waals surface area contributed by atoms with Crippen LogP contribution < -0.4 is 33.4 Å². The van der Waals surface area contributed by atoms with Crippen molar-refractivity contribution in [2.45, 2.75) is 0 Å². The van der Waals surface area contributed by atoms with Gasteiger partial charge in [0.05, 0.1) is 0 Å². The summed E-state index contributed by atoms with van der Waals surface area (Å²) in [5, 5.41) is 6.72. The van der Waals surface area contributed by atoms with Crippen molar-refractivity contribution < 1.29 is 4.79 Å². The quantitative estimate of drug-likeness (QED) is 0.407. The van der Waals surface area contributed by atoms with Crippen molar-refractivity contribution in [2.75, 3.05) is 31.9 Å². The number of nitrogens with zero attached hydrogens (tertiary/aromatic N) is 4. The number of nitrogens with two attached hydrogens (primary N) is 1. The second kappa shape index (κ2) is 6.69. The monoisotopic (exact) mass is 252 g/mol. The smallest absolute Gasteiger partial charge is 0.369 e. The van der Waals surface area contributed by atoms with Gasteiger partial charge in [0.1, 0.15) is 6.33 Å². The molecule has 0 aromatic carbocycles. The van der Waals surface area contributed by atoms with Crippen LogP contribution in [0.3, 0.4) is 0 Å². The molecule has 7 N–H and O–H groups in total. The molecule has 1 aromatic rings. The molecule has 2 aliphatic rings. The van der Waals surface area contributed by atoms with E-state index in [9.17, 15) is 4.79 Å². The Bertz CT molecular complexity index is 512. The zero-order valence-corrected chi connectivity index (χ0v) is 9.89. The number of urea groups is 1. The van der Waals surface area contributed by atoms with E-state index < -0.39 is 6.03 Å². The van der Waals surface area contributed by atoms with Gasteiger partial charge in [0.15, 0.2) is 16.7 Å². The van der Waals surface area contributed by atoms with Crippen molar-refractivity contribution in [1.82, 2.24) is 26.8 Å². The molecule has 0 atom stereocenters. The topological polar surface area (TPSA) is 153 Å². The van der Waals surface area contributed by atoms with Gasteiger partial charge in [0.25, 0.3) is 0 Å². The number of amides is 2. The second-order valence-electron chi connectivity index (χ2n) is 3.44. The molecule has 0 saturated carbocycles. The van der Waals surface area contributed by atoms with Crippen LogP contribution in [0.1, 0.15) is 0 Å². The highest BCUT2D eigenvalue weighted by Crippen LogP contribution is 1.85. The number of rotatable bonds is 0. The van der Waals surface area contributed by atoms with E-state index >= 15 is 0 Å². The summed E-state index contributed by atoms with van der Waals surface area (Å²) in [6, 6.07) is -0.577. The first-order chi connectivity index (χ1) is 8.27. The zero-order chi connectivity index (χ0) is 12.1. The number of carbonyl (C=O) groups is 1. The number of carbonyl (C=O) groups excluding carboxylic acids is 1. The fourth-order valence-corrected chi connectivity index (χ4v) is 1.39. The van der Waals surface area contributed by atoms with Crippen molar-refractivity contribution in [1.29, 1.82) is 0 Å². The highest BCUT2D eigenvalue weighted by Gasteiger charge is 2.07. The molecule has 98 valence electrons. The molecule has 3 heterocycles. The maximum absolute atomic E-state index is 10.6. The molecule has 9 heteroatoms. The van der Waals surface area contributed by atoms with Gasteiger partial charge >= 0.3 is 6.03 Å². The van der Waals surface area contributed by atoms with Gasteiger partial charge in [-0.2, -0.15) is 9.98 Å². The zero-order valence-electron chi connectivity index (χ0n) is 9.89. The lowest BCUT2D eigenvalue weighted by Crippen LogP contribution is -2.39. The number of piperazine rings is 1. The molecule has 1 saturated heterocycles. The van der Waals surface area contributed by atoms with Crippen LogP contribution in [0.15, 0.2) is 16.3 Å². The lowest BCUT2D eigenvalue weighted by molar-refractivity contribution is 0.256. The van der Waals surface area contributed by atoms with E-state index in [2.05, 4.69) is 30.6 Å². The Morgan fingerprint density at radius 2 is 1.67 bits per heavy atom. The number of hydrogen-bond acceptors (Lipinski definition) is 7. The largest absolute Gasteiger partial charge is 0.382 e.